The average Bonchev–Trinajstić information content (AvgIpc) is 2.99. The zero-order chi connectivity index (χ0) is 13.2. The Bertz CT molecular complexity index is 752. The van der Waals surface area contributed by atoms with Crippen molar-refractivity contribution < 1.29 is 9.59 Å². The summed E-state index contributed by atoms with van der Waals surface area (Å²) >= 11 is 6.03. The number of carbonyl (C=O) groups is 2. The van der Waals surface area contributed by atoms with Crippen molar-refractivity contribution in [1.29, 1.82) is 0 Å². The van der Waals surface area contributed by atoms with Crippen LogP contribution in [0.1, 0.15) is 11.3 Å². The highest BCUT2D eigenvalue weighted by Gasteiger charge is 2.55. The predicted octanol–water partition coefficient (Wildman–Crippen LogP) is 1.53. The molecule has 2 aliphatic rings. The van der Waals surface area contributed by atoms with Crippen molar-refractivity contribution in [3.8, 4) is 5.69 Å². The largest absolute Gasteiger partial charge is 0.322 e. The first-order valence-electron chi connectivity index (χ1n) is 5.75. The predicted molar refractivity (Wildman–Crippen MR) is 68.2 cm³/mol. The van der Waals surface area contributed by atoms with Crippen molar-refractivity contribution in [2.45, 2.75) is 5.54 Å². The molecule has 4 rings (SSSR count). The fourth-order valence-electron chi connectivity index (χ4n) is 2.88. The highest BCUT2D eigenvalue weighted by molar-refractivity contribution is 6.30. The molecule has 0 saturated carbocycles. The van der Waals surface area contributed by atoms with E-state index in [1.54, 1.807) is 12.1 Å². The number of nitrogens with one attached hydrogen (secondary N) is 2. The zero-order valence-corrected chi connectivity index (χ0v) is 10.4. The van der Waals surface area contributed by atoms with Gasteiger partial charge >= 0.3 is 6.03 Å². The smallest absolute Gasteiger partial charge is 0.317 e. The Morgan fingerprint density at radius 1 is 1.21 bits per heavy atom. The quantitative estimate of drug-likeness (QED) is 0.715. The molecule has 1 spiro atoms. The van der Waals surface area contributed by atoms with E-state index < -0.39 is 11.6 Å². The standard InChI is InChI=1S/C13H8ClN3O2/c14-7-3-4-9-8(6-7)13(10-2-1-5-17(9)10)11(18)15-12(19)16-13/h1-6H,(H2,15,16,18,19). The number of benzene rings is 1. The SMILES string of the molecule is O=C1NC(=O)C2(N1)c1cc(Cl)ccc1-n1cccc12. The lowest BCUT2D eigenvalue weighted by atomic mass is 9.88. The Labute approximate surface area is 113 Å². The number of halogens is 1. The Balaban J connectivity index is 2.11. The van der Waals surface area contributed by atoms with Crippen LogP contribution >= 0.6 is 11.6 Å². The number of urea groups is 1. The van der Waals surface area contributed by atoms with E-state index >= 15 is 0 Å². The van der Waals surface area contributed by atoms with E-state index in [-0.39, 0.29) is 5.91 Å². The summed E-state index contributed by atoms with van der Waals surface area (Å²) in [4.78, 5) is 23.8. The summed E-state index contributed by atoms with van der Waals surface area (Å²) in [6.45, 7) is 0. The summed E-state index contributed by atoms with van der Waals surface area (Å²) in [6.07, 6.45) is 1.86. The minimum atomic E-state index is -1.17. The zero-order valence-electron chi connectivity index (χ0n) is 9.61. The van der Waals surface area contributed by atoms with Crippen molar-refractivity contribution in [1.82, 2.24) is 15.2 Å². The van der Waals surface area contributed by atoms with Crippen LogP contribution in [0.5, 0.6) is 0 Å². The molecular formula is C13H8ClN3O2. The molecule has 6 heteroatoms. The molecular weight excluding hydrogens is 266 g/mol. The summed E-state index contributed by atoms with van der Waals surface area (Å²) in [7, 11) is 0. The highest BCUT2D eigenvalue weighted by Crippen LogP contribution is 2.44. The van der Waals surface area contributed by atoms with E-state index in [2.05, 4.69) is 10.6 Å². The first kappa shape index (κ1) is 10.6. The number of aromatic nitrogens is 1. The maximum atomic E-state index is 12.3. The fraction of sp³-hybridized carbons (Fsp3) is 0.0769. The molecule has 0 bridgehead atoms. The van der Waals surface area contributed by atoms with Gasteiger partial charge in [0.15, 0.2) is 5.54 Å². The van der Waals surface area contributed by atoms with Gasteiger partial charge in [0.2, 0.25) is 0 Å². The third-order valence-corrected chi connectivity index (χ3v) is 3.86. The van der Waals surface area contributed by atoms with Crippen molar-refractivity contribution in [2.75, 3.05) is 0 Å². The van der Waals surface area contributed by atoms with Gasteiger partial charge in [-0.1, -0.05) is 11.6 Å². The van der Waals surface area contributed by atoms with Gasteiger partial charge in [0.05, 0.1) is 11.4 Å². The van der Waals surface area contributed by atoms with E-state index in [4.69, 9.17) is 11.6 Å². The maximum Gasteiger partial charge on any atom is 0.322 e. The molecule has 19 heavy (non-hydrogen) atoms. The average molecular weight is 274 g/mol. The van der Waals surface area contributed by atoms with Crippen LogP contribution in [0.4, 0.5) is 4.79 Å². The first-order valence-corrected chi connectivity index (χ1v) is 6.12. The lowest BCUT2D eigenvalue weighted by Gasteiger charge is -2.20. The third kappa shape index (κ3) is 1.11. The highest BCUT2D eigenvalue weighted by atomic mass is 35.5. The first-order chi connectivity index (χ1) is 9.13. The van der Waals surface area contributed by atoms with Crippen LogP contribution in [0.25, 0.3) is 5.69 Å². The Morgan fingerprint density at radius 3 is 2.79 bits per heavy atom. The third-order valence-electron chi connectivity index (χ3n) is 3.62. The maximum absolute atomic E-state index is 12.3. The Morgan fingerprint density at radius 2 is 2.05 bits per heavy atom. The lowest BCUT2D eigenvalue weighted by Crippen LogP contribution is -2.43. The molecule has 2 aromatic rings. The van der Waals surface area contributed by atoms with E-state index in [0.29, 0.717) is 16.3 Å². The monoisotopic (exact) mass is 273 g/mol. The van der Waals surface area contributed by atoms with Crippen LogP contribution in [-0.4, -0.2) is 16.5 Å². The van der Waals surface area contributed by atoms with Gasteiger partial charge < -0.3 is 9.88 Å². The number of hydrogen-bond donors (Lipinski definition) is 2. The minimum absolute atomic E-state index is 0.376. The summed E-state index contributed by atoms with van der Waals surface area (Å²) in [5.41, 5.74) is 1.09. The van der Waals surface area contributed by atoms with Crippen molar-refractivity contribution in [2.24, 2.45) is 0 Å². The van der Waals surface area contributed by atoms with Crippen LogP contribution in [0.2, 0.25) is 5.02 Å². The van der Waals surface area contributed by atoms with Crippen molar-refractivity contribution >= 4 is 23.5 Å². The molecule has 0 radical (unpaired) electrons. The van der Waals surface area contributed by atoms with Gasteiger partial charge in [0, 0.05) is 16.8 Å². The molecule has 3 amide bonds. The summed E-state index contributed by atoms with van der Waals surface area (Å²) in [6, 6.07) is 8.48. The number of rotatable bonds is 0. The van der Waals surface area contributed by atoms with Crippen LogP contribution in [0.15, 0.2) is 36.5 Å². The van der Waals surface area contributed by atoms with Gasteiger partial charge in [-0.05, 0) is 30.3 Å². The summed E-state index contributed by atoms with van der Waals surface area (Å²) in [5.74, 6) is -0.376. The number of nitrogens with zero attached hydrogens (tertiary/aromatic N) is 1. The van der Waals surface area contributed by atoms with Gasteiger partial charge in [-0.25, -0.2) is 4.79 Å². The molecule has 1 aromatic carbocycles. The second-order valence-electron chi connectivity index (χ2n) is 4.58. The van der Waals surface area contributed by atoms with Crippen LogP contribution in [0, 0.1) is 0 Å². The normalized spacial score (nSPS) is 23.2. The lowest BCUT2D eigenvalue weighted by molar-refractivity contribution is -0.122. The second kappa shape index (κ2) is 3.19. The van der Waals surface area contributed by atoms with E-state index in [0.717, 1.165) is 5.69 Å². The minimum Gasteiger partial charge on any atom is -0.317 e. The van der Waals surface area contributed by atoms with Crippen LogP contribution in [0.3, 0.4) is 0 Å². The van der Waals surface area contributed by atoms with Crippen LogP contribution in [-0.2, 0) is 10.3 Å². The van der Waals surface area contributed by atoms with Crippen molar-refractivity contribution in [3.63, 3.8) is 0 Å². The van der Waals surface area contributed by atoms with Gasteiger partial charge in [0.25, 0.3) is 5.91 Å². The molecule has 5 nitrogen and oxygen atoms in total. The molecule has 2 N–H and O–H groups in total. The number of imide groups is 1. The molecule has 0 aliphatic carbocycles. The molecule has 2 aliphatic heterocycles. The van der Waals surface area contributed by atoms with E-state index in [1.165, 1.54) is 0 Å². The van der Waals surface area contributed by atoms with Gasteiger partial charge in [-0.3, -0.25) is 10.1 Å². The second-order valence-corrected chi connectivity index (χ2v) is 5.02. The summed E-state index contributed by atoms with van der Waals surface area (Å²) < 4.78 is 1.89. The number of carbonyl (C=O) groups excluding carboxylic acids is 2. The van der Waals surface area contributed by atoms with E-state index in [9.17, 15) is 9.59 Å². The molecule has 94 valence electrons. The molecule has 1 unspecified atom stereocenters. The summed E-state index contributed by atoms with van der Waals surface area (Å²) in [5, 5.41) is 5.55. The fourth-order valence-corrected chi connectivity index (χ4v) is 3.05. The molecule has 1 fully saturated rings. The Hall–Kier alpha value is -2.27. The van der Waals surface area contributed by atoms with Crippen LogP contribution < -0.4 is 10.6 Å². The molecule has 3 heterocycles. The number of amides is 3. The van der Waals surface area contributed by atoms with Gasteiger partial charge in [-0.15, -0.1) is 0 Å². The number of hydrogen-bond acceptors (Lipinski definition) is 2. The molecule has 1 saturated heterocycles. The van der Waals surface area contributed by atoms with Gasteiger partial charge in [-0.2, -0.15) is 0 Å². The topological polar surface area (TPSA) is 63.1 Å². The van der Waals surface area contributed by atoms with E-state index in [1.807, 2.05) is 29.0 Å². The van der Waals surface area contributed by atoms with Crippen molar-refractivity contribution in [3.05, 3.63) is 52.8 Å². The molecule has 1 aromatic heterocycles. The Kier molecular flexibility index (Phi) is 1.78. The van der Waals surface area contributed by atoms with Gasteiger partial charge in [0.1, 0.15) is 0 Å². The number of fused-ring (bicyclic) bond motifs is 5. The molecule has 1 atom stereocenters.